The van der Waals surface area contributed by atoms with Crippen LogP contribution in [-0.4, -0.2) is 24.0 Å². The van der Waals surface area contributed by atoms with Crippen molar-refractivity contribution in [3.8, 4) is 0 Å². The zero-order valence-corrected chi connectivity index (χ0v) is 6.76. The molecule has 2 heterocycles. The zero-order chi connectivity index (χ0) is 7.84. The molecule has 2 saturated heterocycles. The Labute approximate surface area is 66.5 Å². The van der Waals surface area contributed by atoms with Crippen LogP contribution in [0.1, 0.15) is 26.2 Å². The van der Waals surface area contributed by atoms with Crippen LogP contribution in [0.4, 0.5) is 0 Å². The summed E-state index contributed by atoms with van der Waals surface area (Å²) in [6, 6.07) is 1.65. The minimum atomic E-state index is 0.101. The molecule has 2 aliphatic heterocycles. The van der Waals surface area contributed by atoms with Crippen molar-refractivity contribution >= 4 is 5.91 Å². The molecule has 2 rings (SSSR count). The first-order valence-electron chi connectivity index (χ1n) is 4.29. The van der Waals surface area contributed by atoms with Crippen LogP contribution in [-0.2, 0) is 4.79 Å². The summed E-state index contributed by atoms with van der Waals surface area (Å²) in [6.07, 6.45) is 3.65. The normalized spacial score (nSPS) is 41.0. The summed E-state index contributed by atoms with van der Waals surface area (Å²) in [5.74, 6) is 0.101. The van der Waals surface area contributed by atoms with Crippen LogP contribution in [0.5, 0.6) is 0 Å². The smallest absolute Gasteiger partial charge is 0.217 e. The molecule has 0 saturated carbocycles. The summed E-state index contributed by atoms with van der Waals surface area (Å²) in [4.78, 5) is 10.7. The minimum absolute atomic E-state index is 0.101. The Morgan fingerprint density at radius 2 is 2.36 bits per heavy atom. The first kappa shape index (κ1) is 7.10. The molecule has 0 radical (unpaired) electrons. The molecule has 0 aromatic carbocycles. The minimum Gasteiger partial charge on any atom is -0.352 e. The molecule has 62 valence electrons. The SMILES string of the molecule is CC(=O)NC1CC2CCC1N2. The number of hydrogen-bond donors (Lipinski definition) is 2. The number of amides is 1. The van der Waals surface area contributed by atoms with Gasteiger partial charge in [-0.1, -0.05) is 0 Å². The van der Waals surface area contributed by atoms with Crippen LogP contribution < -0.4 is 10.6 Å². The number of carbonyl (C=O) groups is 1. The molecule has 0 aromatic heterocycles. The van der Waals surface area contributed by atoms with E-state index in [2.05, 4.69) is 10.6 Å². The lowest BCUT2D eigenvalue weighted by atomic mass is 9.95. The Balaban J connectivity index is 1.92. The van der Waals surface area contributed by atoms with Crippen molar-refractivity contribution in [2.24, 2.45) is 0 Å². The van der Waals surface area contributed by atoms with E-state index >= 15 is 0 Å². The second-order valence-corrected chi connectivity index (χ2v) is 3.59. The Morgan fingerprint density at radius 3 is 2.82 bits per heavy atom. The van der Waals surface area contributed by atoms with E-state index in [4.69, 9.17) is 0 Å². The molecule has 3 nitrogen and oxygen atoms in total. The molecule has 0 aromatic rings. The molecule has 3 heteroatoms. The van der Waals surface area contributed by atoms with E-state index in [1.807, 2.05) is 0 Å². The van der Waals surface area contributed by atoms with Crippen LogP contribution in [0.3, 0.4) is 0 Å². The number of rotatable bonds is 1. The van der Waals surface area contributed by atoms with Gasteiger partial charge < -0.3 is 10.6 Å². The lowest BCUT2D eigenvalue weighted by Gasteiger charge is -2.20. The second kappa shape index (κ2) is 2.48. The number of hydrogen-bond acceptors (Lipinski definition) is 2. The quantitative estimate of drug-likeness (QED) is 0.559. The third-order valence-corrected chi connectivity index (χ3v) is 2.69. The van der Waals surface area contributed by atoms with Crippen molar-refractivity contribution in [3.63, 3.8) is 0 Å². The third-order valence-electron chi connectivity index (χ3n) is 2.69. The van der Waals surface area contributed by atoms with E-state index in [1.165, 1.54) is 12.8 Å². The van der Waals surface area contributed by atoms with Gasteiger partial charge in [0, 0.05) is 25.0 Å². The summed E-state index contributed by atoms with van der Waals surface area (Å²) in [6.45, 7) is 1.59. The molecular formula is C8H14N2O. The molecule has 1 amide bonds. The van der Waals surface area contributed by atoms with E-state index < -0.39 is 0 Å². The van der Waals surface area contributed by atoms with Crippen LogP contribution in [0.2, 0.25) is 0 Å². The lowest BCUT2D eigenvalue weighted by Crippen LogP contribution is -2.41. The topological polar surface area (TPSA) is 41.1 Å². The molecular weight excluding hydrogens is 140 g/mol. The van der Waals surface area contributed by atoms with E-state index in [9.17, 15) is 4.79 Å². The molecule has 2 N–H and O–H groups in total. The number of nitrogens with one attached hydrogen (secondary N) is 2. The number of fused-ring (bicyclic) bond motifs is 2. The number of carbonyl (C=O) groups excluding carboxylic acids is 1. The highest BCUT2D eigenvalue weighted by molar-refractivity contribution is 5.73. The van der Waals surface area contributed by atoms with Gasteiger partial charge in [-0.05, 0) is 19.3 Å². The van der Waals surface area contributed by atoms with Crippen molar-refractivity contribution < 1.29 is 4.79 Å². The van der Waals surface area contributed by atoms with Gasteiger partial charge in [0.1, 0.15) is 0 Å². The molecule has 2 fully saturated rings. The van der Waals surface area contributed by atoms with Gasteiger partial charge in [0.05, 0.1) is 0 Å². The standard InChI is InChI=1S/C8H14N2O/c1-5(11)9-8-4-6-2-3-7(8)10-6/h6-8,10H,2-4H2,1H3,(H,9,11). The highest BCUT2D eigenvalue weighted by Crippen LogP contribution is 2.27. The van der Waals surface area contributed by atoms with Gasteiger partial charge in [0.25, 0.3) is 0 Å². The van der Waals surface area contributed by atoms with Gasteiger partial charge in [-0.2, -0.15) is 0 Å². The van der Waals surface area contributed by atoms with Gasteiger partial charge in [0.15, 0.2) is 0 Å². The molecule has 2 aliphatic rings. The molecule has 11 heavy (non-hydrogen) atoms. The maximum absolute atomic E-state index is 10.7. The van der Waals surface area contributed by atoms with Crippen LogP contribution in [0.15, 0.2) is 0 Å². The molecule has 0 spiro atoms. The van der Waals surface area contributed by atoms with Crippen LogP contribution in [0, 0.1) is 0 Å². The van der Waals surface area contributed by atoms with Crippen molar-refractivity contribution in [3.05, 3.63) is 0 Å². The van der Waals surface area contributed by atoms with Gasteiger partial charge in [-0.3, -0.25) is 4.79 Å². The molecule has 3 atom stereocenters. The van der Waals surface area contributed by atoms with E-state index in [-0.39, 0.29) is 5.91 Å². The van der Waals surface area contributed by atoms with E-state index in [1.54, 1.807) is 6.92 Å². The first-order chi connectivity index (χ1) is 5.25. The summed E-state index contributed by atoms with van der Waals surface area (Å²) < 4.78 is 0. The van der Waals surface area contributed by atoms with Crippen molar-refractivity contribution in [2.45, 2.75) is 44.3 Å². The van der Waals surface area contributed by atoms with Gasteiger partial charge in [-0.15, -0.1) is 0 Å². The molecule has 2 bridgehead atoms. The highest BCUT2D eigenvalue weighted by Gasteiger charge is 2.39. The maximum atomic E-state index is 10.7. The Kier molecular flexibility index (Phi) is 1.60. The van der Waals surface area contributed by atoms with E-state index in [0.717, 1.165) is 6.42 Å². The second-order valence-electron chi connectivity index (χ2n) is 3.59. The maximum Gasteiger partial charge on any atom is 0.217 e. The fourth-order valence-corrected chi connectivity index (χ4v) is 2.24. The fraction of sp³-hybridized carbons (Fsp3) is 0.875. The van der Waals surface area contributed by atoms with Gasteiger partial charge in [0.2, 0.25) is 5.91 Å². The van der Waals surface area contributed by atoms with Crippen LogP contribution >= 0.6 is 0 Å². The lowest BCUT2D eigenvalue weighted by molar-refractivity contribution is -0.119. The predicted octanol–water partition coefficient (Wildman–Crippen LogP) is 0.0154. The van der Waals surface area contributed by atoms with Gasteiger partial charge >= 0.3 is 0 Å². The first-order valence-corrected chi connectivity index (χ1v) is 4.29. The molecule has 0 aliphatic carbocycles. The van der Waals surface area contributed by atoms with Gasteiger partial charge in [-0.25, -0.2) is 0 Å². The van der Waals surface area contributed by atoms with Crippen LogP contribution in [0.25, 0.3) is 0 Å². The average Bonchev–Trinajstić information content (AvgIpc) is 2.45. The monoisotopic (exact) mass is 154 g/mol. The Hall–Kier alpha value is -0.570. The van der Waals surface area contributed by atoms with Crippen molar-refractivity contribution in [1.82, 2.24) is 10.6 Å². The summed E-state index contributed by atoms with van der Waals surface area (Å²) >= 11 is 0. The Morgan fingerprint density at radius 1 is 1.55 bits per heavy atom. The highest BCUT2D eigenvalue weighted by atomic mass is 16.1. The summed E-state index contributed by atoms with van der Waals surface area (Å²) in [7, 11) is 0. The molecule has 3 unspecified atom stereocenters. The zero-order valence-electron chi connectivity index (χ0n) is 6.76. The third kappa shape index (κ3) is 1.25. The fourth-order valence-electron chi connectivity index (χ4n) is 2.24. The predicted molar refractivity (Wildman–Crippen MR) is 42.2 cm³/mol. The summed E-state index contributed by atoms with van der Waals surface area (Å²) in [5.41, 5.74) is 0. The van der Waals surface area contributed by atoms with Crippen molar-refractivity contribution in [1.29, 1.82) is 0 Å². The summed E-state index contributed by atoms with van der Waals surface area (Å²) in [5, 5.41) is 6.44. The average molecular weight is 154 g/mol. The van der Waals surface area contributed by atoms with Crippen molar-refractivity contribution in [2.75, 3.05) is 0 Å². The van der Waals surface area contributed by atoms with E-state index in [0.29, 0.717) is 18.1 Å². The largest absolute Gasteiger partial charge is 0.352 e. The Bertz CT molecular complexity index is 181.